The Morgan fingerprint density at radius 3 is 1.46 bits per heavy atom. The van der Waals surface area contributed by atoms with Gasteiger partial charge in [0.25, 0.3) is 23.6 Å². The van der Waals surface area contributed by atoms with Crippen molar-refractivity contribution in [3.05, 3.63) is 184 Å². The summed E-state index contributed by atoms with van der Waals surface area (Å²) in [6.07, 6.45) is 2.60. The van der Waals surface area contributed by atoms with E-state index in [1.807, 2.05) is 179 Å². The molecule has 0 fully saturated rings. The third-order valence-corrected chi connectivity index (χ3v) is 10.6. The number of primary amides is 1. The zero-order chi connectivity index (χ0) is 56.2. The predicted octanol–water partition coefficient (Wildman–Crippen LogP) is 13.2. The highest BCUT2D eigenvalue weighted by atomic mass is 32.1. The first-order valence-electron chi connectivity index (χ1n) is 25.6. The van der Waals surface area contributed by atoms with E-state index in [1.165, 1.54) is 26.4 Å². The van der Waals surface area contributed by atoms with Gasteiger partial charge >= 0.3 is 0 Å². The minimum Gasteiger partial charge on any atom is -0.464 e. The predicted molar refractivity (Wildman–Crippen MR) is 311 cm³/mol. The molecule has 0 spiro atoms. The second-order valence-electron chi connectivity index (χ2n) is 14.7. The molecular weight excluding hydrogens is 949 g/mol. The number of furan rings is 1. The maximum absolute atomic E-state index is 11.3. The molecule has 7 heterocycles. The Labute approximate surface area is 448 Å². The van der Waals surface area contributed by atoms with Crippen LogP contribution in [0.15, 0.2) is 100 Å². The summed E-state index contributed by atoms with van der Waals surface area (Å²) in [6, 6.07) is 26.1. The zero-order valence-electron chi connectivity index (χ0n) is 47.0. The number of thiophene rings is 1. The van der Waals surface area contributed by atoms with Crippen molar-refractivity contribution < 1.29 is 28.4 Å². The number of aromatic amines is 1. The average molecular weight is 1040 g/mol. The maximum atomic E-state index is 11.3. The fourth-order valence-electron chi connectivity index (χ4n) is 6.47. The van der Waals surface area contributed by atoms with Gasteiger partial charge in [0.1, 0.15) is 11.5 Å². The molecule has 14 heteroatoms. The minimum absolute atomic E-state index is 0. The van der Waals surface area contributed by atoms with Gasteiger partial charge in [0.05, 0.1) is 24.2 Å². The normalized spacial score (nSPS) is 11.4. The van der Waals surface area contributed by atoms with Crippen LogP contribution < -0.4 is 32.6 Å². The first kappa shape index (κ1) is 71.2. The van der Waals surface area contributed by atoms with Crippen molar-refractivity contribution in [3.63, 3.8) is 0 Å². The molecule has 6 aromatic rings. The Morgan fingerprint density at radius 1 is 0.500 bits per heavy atom. The topological polar surface area (TPSA) is 205 Å². The lowest BCUT2D eigenvalue weighted by Gasteiger charge is -2.16. The van der Waals surface area contributed by atoms with Gasteiger partial charge in [-0.2, -0.15) is 0 Å². The molecule has 0 saturated heterocycles. The molecule has 0 aliphatic carbocycles. The highest BCUT2D eigenvalue weighted by Gasteiger charge is 2.23. The van der Waals surface area contributed by atoms with Gasteiger partial charge in [0.15, 0.2) is 0 Å². The quantitative estimate of drug-likeness (QED) is 0.0939. The molecule has 4 aliphatic heterocycles. The number of nitrogens with one attached hydrogen (secondary N) is 5. The van der Waals surface area contributed by atoms with Crippen molar-refractivity contribution in [2.75, 3.05) is 6.54 Å². The monoisotopic (exact) mass is 1040 g/mol. The van der Waals surface area contributed by atoms with E-state index in [0.29, 0.717) is 24.2 Å². The van der Waals surface area contributed by atoms with Crippen LogP contribution in [0.4, 0.5) is 0 Å². The first-order chi connectivity index (χ1) is 35.1. The first-order valence-corrected chi connectivity index (χ1v) is 26.4. The molecule has 4 aliphatic rings. The Bertz CT molecular complexity index is 2570. The molecule has 13 nitrogen and oxygen atoms in total. The number of pyridine rings is 1. The number of nitrogens with two attached hydrogens (primary N) is 1. The molecular formula is C60H90N6O7S. The van der Waals surface area contributed by atoms with Gasteiger partial charge in [-0.25, -0.2) is 0 Å². The fraction of sp³-hybridized carbons (Fsp3) is 0.400. The molecule has 0 atom stereocenters. The van der Waals surface area contributed by atoms with Crippen LogP contribution >= 0.6 is 11.3 Å². The molecule has 0 bridgehead atoms. The number of aryl methyl sites for hydroxylation is 6. The van der Waals surface area contributed by atoms with E-state index in [-0.39, 0.29) is 42.5 Å². The molecule has 0 unspecified atom stereocenters. The summed E-state index contributed by atoms with van der Waals surface area (Å²) in [5.41, 5.74) is 15.6. The van der Waals surface area contributed by atoms with Crippen LogP contribution in [-0.4, -0.2) is 41.1 Å². The van der Waals surface area contributed by atoms with E-state index < -0.39 is 0 Å². The van der Waals surface area contributed by atoms with Crippen molar-refractivity contribution in [2.24, 2.45) is 5.73 Å². The number of amides is 5. The Balaban J connectivity index is -0.000000784. The fourth-order valence-corrected chi connectivity index (χ4v) is 7.44. The highest BCUT2D eigenvalue weighted by Crippen LogP contribution is 2.25. The number of carbonyl (C=O) groups excluding carboxylic acids is 5. The van der Waals surface area contributed by atoms with Gasteiger partial charge in [-0.15, -0.1) is 11.3 Å². The van der Waals surface area contributed by atoms with Crippen molar-refractivity contribution in [1.29, 1.82) is 0 Å². The Hall–Kier alpha value is -7.06. The smallest absolute Gasteiger partial charge is 0.255 e. The van der Waals surface area contributed by atoms with Crippen molar-refractivity contribution in [3.8, 4) is 0 Å². The number of hydrogen-bond acceptors (Lipinski definition) is 8. The molecule has 10 rings (SSSR count). The third-order valence-electron chi connectivity index (χ3n) is 9.57. The summed E-state index contributed by atoms with van der Waals surface area (Å²) in [5, 5.41) is 11.0. The second kappa shape index (κ2) is 40.4. The van der Waals surface area contributed by atoms with Crippen molar-refractivity contribution >= 4 is 40.9 Å². The number of benzene rings is 3. The van der Waals surface area contributed by atoms with E-state index in [9.17, 15) is 28.8 Å². The molecule has 3 aromatic carbocycles. The van der Waals surface area contributed by atoms with Gasteiger partial charge in [-0.3, -0.25) is 28.8 Å². The minimum atomic E-state index is -0.375. The van der Waals surface area contributed by atoms with E-state index in [1.54, 1.807) is 41.8 Å². The molecule has 0 saturated carbocycles. The highest BCUT2D eigenvalue weighted by molar-refractivity contribution is 7.12. The van der Waals surface area contributed by atoms with Gasteiger partial charge < -0.3 is 36.4 Å². The van der Waals surface area contributed by atoms with Gasteiger partial charge in [-0.05, 0) is 107 Å². The second-order valence-corrected chi connectivity index (χ2v) is 16.1. The number of hydrogen-bond donors (Lipinski definition) is 6. The van der Waals surface area contributed by atoms with Gasteiger partial charge in [0, 0.05) is 51.8 Å². The molecule has 7 N–H and O–H groups in total. The van der Waals surface area contributed by atoms with Crippen molar-refractivity contribution in [1.82, 2.24) is 26.3 Å². The van der Waals surface area contributed by atoms with Gasteiger partial charge in [0.2, 0.25) is 11.5 Å². The van der Waals surface area contributed by atoms with Crippen LogP contribution in [0.1, 0.15) is 197 Å². The molecule has 408 valence electrons. The number of carbonyl (C=O) groups is 5. The lowest BCUT2D eigenvalue weighted by Crippen LogP contribution is -2.31. The summed E-state index contributed by atoms with van der Waals surface area (Å²) in [6.45, 7) is 38.5. The van der Waals surface area contributed by atoms with Crippen LogP contribution in [0.2, 0.25) is 0 Å². The third kappa shape index (κ3) is 24.6. The number of rotatable bonds is 1. The largest absolute Gasteiger partial charge is 0.464 e. The van der Waals surface area contributed by atoms with E-state index in [0.717, 1.165) is 64.4 Å². The standard InChI is InChI=1S/C10H11NO.C9H9NO.C8H9NO.C7H7NO2.C7H7NOS.C6H7NO.6C2H6.CH4/c1-7-2-3-9-8(6-7)4-5-11-10(9)12;1-6-2-3-8-7(4-6)5-10-9(8)11;1-6-2-4-7(5-3-6)8(9)10;2*1-4-2-5-6(10-4)3-8-7(5)9;1-5-2-3-7-6(8)4-5;6*1-2;/h2-3,6H,4-5H2,1H3,(H,11,12);2-4H,5H2,1H3,(H,10,11);2-5H,1H3,(H2,9,10);2*2H,3H2,1H3,(H,8,9);2-4H,1H3,(H,7,8);6*1-2H3;1H4. The Kier molecular flexibility index (Phi) is 38.9. The summed E-state index contributed by atoms with van der Waals surface area (Å²) >= 11 is 1.70. The average Bonchev–Trinajstić information content (AvgIpc) is 4.24. The summed E-state index contributed by atoms with van der Waals surface area (Å²) in [7, 11) is 0. The van der Waals surface area contributed by atoms with Crippen LogP contribution in [0.5, 0.6) is 0 Å². The Morgan fingerprint density at radius 2 is 0.959 bits per heavy atom. The van der Waals surface area contributed by atoms with Crippen LogP contribution in [0, 0.1) is 41.5 Å². The lowest BCUT2D eigenvalue weighted by atomic mass is 9.98. The SMILES string of the molecule is C.CC.CC.CC.CC.CC.CC.Cc1cc2c(o1)CNC2=O.Cc1cc2c(s1)CNC2=O.Cc1cc[nH]c(=O)c1.Cc1ccc(C(N)=O)cc1.Cc1ccc2c(c1)CCNC2=O.Cc1ccc2c(c1)CNC2=O. The maximum Gasteiger partial charge on any atom is 0.255 e. The summed E-state index contributed by atoms with van der Waals surface area (Å²) in [4.78, 5) is 70.1. The molecule has 5 amide bonds. The number of fused-ring (bicyclic) bond motifs is 4. The van der Waals surface area contributed by atoms with Crippen LogP contribution in [-0.2, 0) is 26.1 Å². The summed E-state index contributed by atoms with van der Waals surface area (Å²) in [5.74, 6) is 1.38. The molecule has 3 aromatic heterocycles. The summed E-state index contributed by atoms with van der Waals surface area (Å²) < 4.78 is 5.21. The molecule has 0 radical (unpaired) electrons. The van der Waals surface area contributed by atoms with E-state index in [4.69, 9.17) is 10.2 Å². The van der Waals surface area contributed by atoms with Crippen LogP contribution in [0.25, 0.3) is 0 Å². The van der Waals surface area contributed by atoms with Crippen LogP contribution in [0.3, 0.4) is 0 Å². The van der Waals surface area contributed by atoms with Crippen molar-refractivity contribution in [2.45, 2.75) is 158 Å². The number of aromatic nitrogens is 1. The molecule has 74 heavy (non-hydrogen) atoms. The number of H-pyrrole nitrogens is 1. The van der Waals surface area contributed by atoms with E-state index in [2.05, 4.69) is 32.3 Å². The van der Waals surface area contributed by atoms with E-state index >= 15 is 0 Å². The zero-order valence-corrected chi connectivity index (χ0v) is 47.9. The lowest BCUT2D eigenvalue weighted by molar-refractivity contribution is 0.0941. The van der Waals surface area contributed by atoms with Gasteiger partial charge in [-0.1, -0.05) is 144 Å².